The van der Waals surface area contributed by atoms with Crippen molar-refractivity contribution in [2.75, 3.05) is 20.7 Å². The van der Waals surface area contributed by atoms with Crippen LogP contribution in [0.5, 0.6) is 0 Å². The summed E-state index contributed by atoms with van der Waals surface area (Å²) >= 11 is 0. The minimum Gasteiger partial charge on any atom is -0.500 e. The van der Waals surface area contributed by atoms with Crippen molar-refractivity contribution in [1.82, 2.24) is 4.90 Å². The molecule has 3 nitrogen and oxygen atoms in total. The van der Waals surface area contributed by atoms with Gasteiger partial charge in [0.25, 0.3) is 5.91 Å². The third-order valence-electron chi connectivity index (χ3n) is 1.40. The molecule has 1 amide bonds. The smallest absolute Gasteiger partial charge is 0.252 e. The van der Waals surface area contributed by atoms with Gasteiger partial charge in [-0.2, -0.15) is 0 Å². The molecule has 0 radical (unpaired) electrons. The second-order valence-electron chi connectivity index (χ2n) is 2.46. The topological polar surface area (TPSA) is 29.5 Å². The normalized spacial score (nSPS) is 16.0. The van der Waals surface area contributed by atoms with E-state index in [1.54, 1.807) is 25.3 Å². The monoisotopic (exact) mass is 141 g/mol. The molecule has 0 fully saturated rings. The van der Waals surface area contributed by atoms with E-state index < -0.39 is 0 Å². The fourth-order valence-electron chi connectivity index (χ4n) is 0.832. The van der Waals surface area contributed by atoms with Crippen LogP contribution in [0.25, 0.3) is 0 Å². The van der Waals surface area contributed by atoms with Gasteiger partial charge in [-0.1, -0.05) is 0 Å². The Morgan fingerprint density at radius 1 is 1.70 bits per heavy atom. The summed E-state index contributed by atoms with van der Waals surface area (Å²) in [4.78, 5) is 12.7. The summed E-state index contributed by atoms with van der Waals surface area (Å²) < 4.78 is 4.92. The maximum Gasteiger partial charge on any atom is 0.252 e. The zero-order valence-electron chi connectivity index (χ0n) is 6.26. The van der Waals surface area contributed by atoms with Crippen LogP contribution in [0.1, 0.15) is 6.42 Å². The Balaban J connectivity index is 2.56. The average molecular weight is 141 g/mol. The van der Waals surface area contributed by atoms with Crippen molar-refractivity contribution in [1.29, 1.82) is 0 Å². The fraction of sp³-hybridized carbons (Fsp3) is 0.571. The number of carbonyl (C=O) groups excluding carboxylic acids is 1. The van der Waals surface area contributed by atoms with E-state index >= 15 is 0 Å². The van der Waals surface area contributed by atoms with Crippen molar-refractivity contribution in [2.45, 2.75) is 6.42 Å². The predicted molar refractivity (Wildman–Crippen MR) is 37.3 cm³/mol. The van der Waals surface area contributed by atoms with Gasteiger partial charge in [0, 0.05) is 20.5 Å². The molecule has 0 aliphatic carbocycles. The quantitative estimate of drug-likeness (QED) is 0.528. The predicted octanol–water partition coefficient (Wildman–Crippen LogP) is 0.379. The maximum atomic E-state index is 11.1. The molecule has 0 aromatic heterocycles. The second kappa shape index (κ2) is 2.73. The third kappa shape index (κ3) is 1.29. The van der Waals surface area contributed by atoms with Crippen molar-refractivity contribution < 1.29 is 9.53 Å². The molecule has 0 saturated heterocycles. The van der Waals surface area contributed by atoms with E-state index in [1.807, 2.05) is 0 Å². The molecule has 1 aliphatic rings. The summed E-state index contributed by atoms with van der Waals surface area (Å²) in [7, 11) is 3.48. The Labute approximate surface area is 60.3 Å². The zero-order valence-corrected chi connectivity index (χ0v) is 6.26. The molecule has 0 N–H and O–H groups in total. The van der Waals surface area contributed by atoms with Gasteiger partial charge in [-0.25, -0.2) is 0 Å². The van der Waals surface area contributed by atoms with E-state index in [4.69, 9.17) is 4.74 Å². The molecule has 0 bridgehead atoms. The Kier molecular flexibility index (Phi) is 1.94. The lowest BCUT2D eigenvalue weighted by Gasteiger charge is -2.08. The van der Waals surface area contributed by atoms with Crippen LogP contribution in [0.3, 0.4) is 0 Å². The Hall–Kier alpha value is -0.990. The van der Waals surface area contributed by atoms with Crippen LogP contribution in [0, 0.1) is 0 Å². The number of nitrogens with zero attached hydrogens (tertiary/aromatic N) is 1. The summed E-state index contributed by atoms with van der Waals surface area (Å²) in [6.07, 6.45) is 2.29. The summed E-state index contributed by atoms with van der Waals surface area (Å²) in [6, 6.07) is 0. The first-order valence-corrected chi connectivity index (χ1v) is 3.24. The van der Waals surface area contributed by atoms with Crippen molar-refractivity contribution >= 4 is 5.91 Å². The zero-order chi connectivity index (χ0) is 7.56. The molecule has 0 aromatic rings. The van der Waals surface area contributed by atoms with E-state index in [9.17, 15) is 4.79 Å². The van der Waals surface area contributed by atoms with Crippen molar-refractivity contribution in [3.63, 3.8) is 0 Å². The molecular formula is C7H11NO2. The summed E-state index contributed by atoms with van der Waals surface area (Å²) in [5.41, 5.74) is 0.769. The lowest BCUT2D eigenvalue weighted by atomic mass is 10.2. The van der Waals surface area contributed by atoms with E-state index in [-0.39, 0.29) is 5.91 Å². The van der Waals surface area contributed by atoms with Crippen LogP contribution in [0.15, 0.2) is 11.8 Å². The van der Waals surface area contributed by atoms with E-state index in [0.29, 0.717) is 6.61 Å². The third-order valence-corrected chi connectivity index (χ3v) is 1.40. The van der Waals surface area contributed by atoms with Crippen molar-refractivity contribution in [2.24, 2.45) is 0 Å². The fourth-order valence-corrected chi connectivity index (χ4v) is 0.832. The van der Waals surface area contributed by atoms with Crippen LogP contribution in [-0.4, -0.2) is 31.5 Å². The number of carbonyl (C=O) groups is 1. The van der Waals surface area contributed by atoms with Gasteiger partial charge in [0.15, 0.2) is 0 Å². The molecule has 0 atom stereocenters. The molecular weight excluding hydrogens is 130 g/mol. The first kappa shape index (κ1) is 7.12. The largest absolute Gasteiger partial charge is 0.500 e. The Morgan fingerprint density at radius 3 is 2.80 bits per heavy atom. The van der Waals surface area contributed by atoms with Crippen molar-refractivity contribution in [3.8, 4) is 0 Å². The van der Waals surface area contributed by atoms with Gasteiger partial charge in [-0.15, -0.1) is 0 Å². The highest BCUT2D eigenvalue weighted by atomic mass is 16.5. The highest BCUT2D eigenvalue weighted by molar-refractivity contribution is 5.93. The minimum atomic E-state index is 0.0532. The molecule has 3 heteroatoms. The van der Waals surface area contributed by atoms with Crippen molar-refractivity contribution in [3.05, 3.63) is 11.8 Å². The van der Waals surface area contributed by atoms with Gasteiger partial charge in [0.2, 0.25) is 0 Å². The van der Waals surface area contributed by atoms with Gasteiger partial charge in [0.05, 0.1) is 18.4 Å². The van der Waals surface area contributed by atoms with Gasteiger partial charge in [0.1, 0.15) is 0 Å². The number of hydrogen-bond donors (Lipinski definition) is 0. The molecule has 0 aromatic carbocycles. The van der Waals surface area contributed by atoms with Gasteiger partial charge in [-0.05, 0) is 0 Å². The second-order valence-corrected chi connectivity index (χ2v) is 2.46. The van der Waals surface area contributed by atoms with E-state index in [0.717, 1.165) is 12.0 Å². The summed E-state index contributed by atoms with van der Waals surface area (Å²) in [5.74, 6) is 0.0532. The first-order chi connectivity index (χ1) is 4.72. The van der Waals surface area contributed by atoms with Gasteiger partial charge >= 0.3 is 0 Å². The Bertz CT molecular complexity index is 172. The number of hydrogen-bond acceptors (Lipinski definition) is 2. The number of likely N-dealkylation sites (N-methyl/N-ethyl adjacent to an activating group) is 1. The highest BCUT2D eigenvalue weighted by Gasteiger charge is 2.15. The van der Waals surface area contributed by atoms with Crippen LogP contribution in [0.4, 0.5) is 0 Å². The molecule has 10 heavy (non-hydrogen) atoms. The van der Waals surface area contributed by atoms with Gasteiger partial charge < -0.3 is 9.64 Å². The SMILES string of the molecule is CN(C)C(=O)C1=COCC1. The average Bonchev–Trinajstić information content (AvgIpc) is 2.36. The van der Waals surface area contributed by atoms with Crippen LogP contribution in [0.2, 0.25) is 0 Å². The molecule has 1 aliphatic heterocycles. The van der Waals surface area contributed by atoms with E-state index in [2.05, 4.69) is 0 Å². The molecule has 0 saturated carbocycles. The Morgan fingerprint density at radius 2 is 2.40 bits per heavy atom. The molecule has 0 spiro atoms. The standard InChI is InChI=1S/C7H11NO2/c1-8(2)7(9)6-3-4-10-5-6/h5H,3-4H2,1-2H3. The summed E-state index contributed by atoms with van der Waals surface area (Å²) in [5, 5.41) is 0. The van der Waals surface area contributed by atoms with E-state index in [1.165, 1.54) is 0 Å². The maximum absolute atomic E-state index is 11.1. The van der Waals surface area contributed by atoms with Gasteiger partial charge in [-0.3, -0.25) is 4.79 Å². The number of ether oxygens (including phenoxy) is 1. The van der Waals surface area contributed by atoms with Crippen LogP contribution in [-0.2, 0) is 9.53 Å². The number of rotatable bonds is 1. The van der Waals surface area contributed by atoms with Crippen LogP contribution >= 0.6 is 0 Å². The van der Waals surface area contributed by atoms with Crippen LogP contribution < -0.4 is 0 Å². The molecule has 0 unspecified atom stereocenters. The molecule has 1 heterocycles. The molecule has 56 valence electrons. The highest BCUT2D eigenvalue weighted by Crippen LogP contribution is 2.11. The lowest BCUT2D eigenvalue weighted by Crippen LogP contribution is -2.22. The first-order valence-electron chi connectivity index (χ1n) is 3.24. The molecule has 1 rings (SSSR count). The number of amides is 1. The lowest BCUT2D eigenvalue weighted by molar-refractivity contribution is -0.124. The minimum absolute atomic E-state index is 0.0532. The summed E-state index contributed by atoms with van der Waals surface area (Å²) in [6.45, 7) is 0.648.